The standard InChI is InChI=1S/C21H19N3O4/c1-12-8-13(2)16-10-18(22-17(16)9-12)21(25)27-11-19-23-20(24-28-19)14-4-6-15(26-3)7-5-14/h4-10,22H,11H2,1-3H3. The van der Waals surface area contributed by atoms with Gasteiger partial charge in [-0.1, -0.05) is 11.2 Å². The minimum Gasteiger partial charge on any atom is -0.497 e. The molecule has 1 N–H and O–H groups in total. The van der Waals surface area contributed by atoms with E-state index in [1.54, 1.807) is 13.2 Å². The van der Waals surface area contributed by atoms with Crippen LogP contribution >= 0.6 is 0 Å². The number of hydrogen-bond acceptors (Lipinski definition) is 6. The van der Waals surface area contributed by atoms with E-state index in [1.165, 1.54) is 0 Å². The third-order valence-electron chi connectivity index (χ3n) is 4.45. The Balaban J connectivity index is 1.45. The highest BCUT2D eigenvalue weighted by Crippen LogP contribution is 2.23. The summed E-state index contributed by atoms with van der Waals surface area (Å²) in [5.74, 6) is 0.912. The molecule has 0 saturated heterocycles. The van der Waals surface area contributed by atoms with Crippen LogP contribution in [0.1, 0.15) is 27.5 Å². The molecule has 0 atom stereocenters. The van der Waals surface area contributed by atoms with Gasteiger partial charge in [0.15, 0.2) is 6.61 Å². The van der Waals surface area contributed by atoms with Crippen LogP contribution in [0.5, 0.6) is 5.75 Å². The second-order valence-electron chi connectivity index (χ2n) is 6.54. The summed E-state index contributed by atoms with van der Waals surface area (Å²) in [6.07, 6.45) is 0. The molecule has 2 aromatic carbocycles. The van der Waals surface area contributed by atoms with Crippen molar-refractivity contribution in [3.05, 3.63) is 65.2 Å². The topological polar surface area (TPSA) is 90.2 Å². The Bertz CT molecular complexity index is 1140. The molecule has 2 aromatic heterocycles. The van der Waals surface area contributed by atoms with Crippen LogP contribution in [0.25, 0.3) is 22.3 Å². The van der Waals surface area contributed by atoms with Crippen molar-refractivity contribution in [2.75, 3.05) is 7.11 Å². The van der Waals surface area contributed by atoms with Gasteiger partial charge in [0.25, 0.3) is 5.89 Å². The van der Waals surface area contributed by atoms with Crippen LogP contribution in [-0.4, -0.2) is 28.2 Å². The number of aromatic amines is 1. The maximum atomic E-state index is 12.4. The number of carbonyl (C=O) groups excluding carboxylic acids is 1. The molecule has 4 rings (SSSR count). The van der Waals surface area contributed by atoms with Crippen LogP contribution in [0.3, 0.4) is 0 Å². The Morgan fingerprint density at radius 2 is 1.93 bits per heavy atom. The van der Waals surface area contributed by atoms with Gasteiger partial charge >= 0.3 is 5.97 Å². The molecule has 0 aliphatic rings. The first-order chi connectivity index (χ1) is 13.5. The summed E-state index contributed by atoms with van der Waals surface area (Å²) in [6.45, 7) is 3.92. The van der Waals surface area contributed by atoms with Gasteiger partial charge in [0.05, 0.1) is 7.11 Å². The van der Waals surface area contributed by atoms with Crippen LogP contribution in [0.4, 0.5) is 0 Å². The van der Waals surface area contributed by atoms with Crippen molar-refractivity contribution >= 4 is 16.9 Å². The van der Waals surface area contributed by atoms with Crippen molar-refractivity contribution in [1.82, 2.24) is 15.1 Å². The zero-order valence-electron chi connectivity index (χ0n) is 15.8. The molecule has 0 saturated carbocycles. The van der Waals surface area contributed by atoms with Crippen LogP contribution in [-0.2, 0) is 11.3 Å². The average molecular weight is 377 g/mol. The van der Waals surface area contributed by atoms with Gasteiger partial charge in [0, 0.05) is 16.5 Å². The quantitative estimate of drug-likeness (QED) is 0.524. The fraction of sp³-hybridized carbons (Fsp3) is 0.190. The first-order valence-electron chi connectivity index (χ1n) is 8.77. The number of H-pyrrole nitrogens is 1. The van der Waals surface area contributed by atoms with Crippen LogP contribution in [0.15, 0.2) is 47.0 Å². The number of carbonyl (C=O) groups is 1. The minimum atomic E-state index is -0.475. The second-order valence-corrected chi connectivity index (χ2v) is 6.54. The summed E-state index contributed by atoms with van der Waals surface area (Å²) in [5.41, 5.74) is 4.31. The van der Waals surface area contributed by atoms with Crippen molar-refractivity contribution in [3.8, 4) is 17.1 Å². The molecule has 7 heteroatoms. The number of hydrogen-bond donors (Lipinski definition) is 1. The smallest absolute Gasteiger partial charge is 0.355 e. The average Bonchev–Trinajstić information content (AvgIpc) is 3.33. The monoisotopic (exact) mass is 377 g/mol. The molecule has 2 heterocycles. The lowest BCUT2D eigenvalue weighted by Gasteiger charge is -1.99. The molecule has 0 spiro atoms. The summed E-state index contributed by atoms with van der Waals surface area (Å²) < 4.78 is 15.6. The number of fused-ring (bicyclic) bond motifs is 1. The maximum Gasteiger partial charge on any atom is 0.355 e. The summed E-state index contributed by atoms with van der Waals surface area (Å²) >= 11 is 0. The molecule has 7 nitrogen and oxygen atoms in total. The molecule has 0 fully saturated rings. The highest BCUT2D eigenvalue weighted by molar-refractivity contribution is 5.96. The van der Waals surface area contributed by atoms with E-state index in [4.69, 9.17) is 14.0 Å². The van der Waals surface area contributed by atoms with E-state index in [-0.39, 0.29) is 12.5 Å². The first-order valence-corrected chi connectivity index (χ1v) is 8.77. The molecule has 4 aromatic rings. The van der Waals surface area contributed by atoms with E-state index < -0.39 is 5.97 Å². The zero-order valence-corrected chi connectivity index (χ0v) is 15.8. The van der Waals surface area contributed by atoms with E-state index in [9.17, 15) is 4.79 Å². The molecule has 0 bridgehead atoms. The van der Waals surface area contributed by atoms with Crippen LogP contribution in [0.2, 0.25) is 0 Å². The Morgan fingerprint density at radius 3 is 2.68 bits per heavy atom. The number of aromatic nitrogens is 3. The van der Waals surface area contributed by atoms with Gasteiger partial charge in [0.1, 0.15) is 11.4 Å². The fourth-order valence-corrected chi connectivity index (χ4v) is 3.09. The van der Waals surface area contributed by atoms with Gasteiger partial charge < -0.3 is 19.0 Å². The number of nitrogens with zero attached hydrogens (tertiary/aromatic N) is 2. The highest BCUT2D eigenvalue weighted by Gasteiger charge is 2.15. The van der Waals surface area contributed by atoms with Crippen molar-refractivity contribution in [2.45, 2.75) is 20.5 Å². The number of esters is 1. The van der Waals surface area contributed by atoms with E-state index in [0.717, 1.165) is 33.3 Å². The van der Waals surface area contributed by atoms with E-state index in [2.05, 4.69) is 21.2 Å². The van der Waals surface area contributed by atoms with Gasteiger partial charge in [-0.3, -0.25) is 0 Å². The number of aryl methyl sites for hydroxylation is 2. The van der Waals surface area contributed by atoms with Gasteiger partial charge in [0.2, 0.25) is 5.82 Å². The number of rotatable bonds is 5. The molecule has 0 radical (unpaired) electrons. The molecular formula is C21H19N3O4. The first kappa shape index (κ1) is 17.8. The maximum absolute atomic E-state index is 12.4. The van der Waals surface area contributed by atoms with Crippen molar-refractivity contribution in [1.29, 1.82) is 0 Å². The molecular weight excluding hydrogens is 358 g/mol. The summed E-state index contributed by atoms with van der Waals surface area (Å²) in [4.78, 5) is 19.7. The molecule has 0 amide bonds. The number of benzene rings is 2. The fourth-order valence-electron chi connectivity index (χ4n) is 3.09. The predicted octanol–water partition coefficient (Wildman–Crippen LogP) is 4.20. The lowest BCUT2D eigenvalue weighted by molar-refractivity contribution is 0.0424. The lowest BCUT2D eigenvalue weighted by Crippen LogP contribution is -2.05. The van der Waals surface area contributed by atoms with Crippen molar-refractivity contribution in [3.63, 3.8) is 0 Å². The Morgan fingerprint density at radius 1 is 1.14 bits per heavy atom. The summed E-state index contributed by atoms with van der Waals surface area (Å²) in [6, 6.07) is 13.1. The minimum absolute atomic E-state index is 0.102. The van der Waals surface area contributed by atoms with Gasteiger partial charge in [-0.25, -0.2) is 4.79 Å². The zero-order chi connectivity index (χ0) is 19.7. The highest BCUT2D eigenvalue weighted by atomic mass is 16.6. The van der Waals surface area contributed by atoms with Crippen molar-refractivity contribution in [2.24, 2.45) is 0 Å². The molecule has 0 aliphatic heterocycles. The van der Waals surface area contributed by atoms with Gasteiger partial charge in [-0.15, -0.1) is 0 Å². The van der Waals surface area contributed by atoms with Gasteiger partial charge in [-0.05, 0) is 61.4 Å². The normalized spacial score (nSPS) is 11.0. The number of nitrogens with one attached hydrogen (secondary N) is 1. The third kappa shape index (κ3) is 3.46. The van der Waals surface area contributed by atoms with Gasteiger partial charge in [-0.2, -0.15) is 4.98 Å². The number of methoxy groups -OCH3 is 1. The molecule has 142 valence electrons. The lowest BCUT2D eigenvalue weighted by atomic mass is 10.1. The van der Waals surface area contributed by atoms with E-state index in [1.807, 2.05) is 44.2 Å². The van der Waals surface area contributed by atoms with Crippen molar-refractivity contribution < 1.29 is 18.8 Å². The van der Waals surface area contributed by atoms with Crippen LogP contribution < -0.4 is 4.74 Å². The molecule has 0 aliphatic carbocycles. The van der Waals surface area contributed by atoms with E-state index >= 15 is 0 Å². The Kier molecular flexibility index (Phi) is 4.57. The predicted molar refractivity (Wildman–Crippen MR) is 103 cm³/mol. The third-order valence-corrected chi connectivity index (χ3v) is 4.45. The summed E-state index contributed by atoms with van der Waals surface area (Å²) in [7, 11) is 1.60. The Hall–Kier alpha value is -3.61. The van der Waals surface area contributed by atoms with E-state index in [0.29, 0.717) is 11.5 Å². The molecule has 28 heavy (non-hydrogen) atoms. The SMILES string of the molecule is COc1ccc(-c2noc(COC(=O)c3cc4c(C)cc(C)cc4[nH]3)n2)cc1. The summed E-state index contributed by atoms with van der Waals surface area (Å²) in [5, 5.41) is 4.92. The number of ether oxygens (including phenoxy) is 2. The molecule has 0 unspecified atom stereocenters. The van der Waals surface area contributed by atoms with Crippen LogP contribution in [0, 0.1) is 13.8 Å². The second kappa shape index (κ2) is 7.19. The Labute approximate surface area is 161 Å². The largest absolute Gasteiger partial charge is 0.497 e.